The minimum atomic E-state index is -0.534. The Kier molecular flexibility index (Phi) is 6.72. The number of carbonyl (C=O) groups excluding carboxylic acids is 3. The van der Waals surface area contributed by atoms with Crippen molar-refractivity contribution in [3.63, 3.8) is 0 Å². The van der Waals surface area contributed by atoms with Crippen molar-refractivity contribution in [2.75, 3.05) is 11.9 Å². The zero-order valence-corrected chi connectivity index (χ0v) is 18.5. The number of nitrogens with one attached hydrogen (secondary N) is 2. The molecule has 2 amide bonds. The van der Waals surface area contributed by atoms with Crippen molar-refractivity contribution in [3.8, 4) is 5.82 Å². The van der Waals surface area contributed by atoms with Crippen molar-refractivity contribution in [3.05, 3.63) is 69.1 Å². The summed E-state index contributed by atoms with van der Waals surface area (Å²) in [7, 11) is 0. The number of aromatic nitrogens is 3. The van der Waals surface area contributed by atoms with Crippen LogP contribution in [0.5, 0.6) is 0 Å². The summed E-state index contributed by atoms with van der Waals surface area (Å²) >= 11 is 12.3. The van der Waals surface area contributed by atoms with Crippen LogP contribution in [0.1, 0.15) is 39.0 Å². The highest BCUT2D eigenvalue weighted by Crippen LogP contribution is 2.27. The lowest BCUT2D eigenvalue weighted by molar-refractivity contribution is -0.116. The molecule has 31 heavy (non-hydrogen) atoms. The second-order valence-electron chi connectivity index (χ2n) is 6.88. The monoisotopic (exact) mass is 459 g/mol. The topological polar surface area (TPSA) is 106 Å². The maximum Gasteiger partial charge on any atom is 0.274 e. The molecular formula is C21H19Cl2N5O3. The minimum Gasteiger partial charge on any atom is -0.345 e. The number of halogens is 2. The molecule has 3 aromatic rings. The summed E-state index contributed by atoms with van der Waals surface area (Å²) < 4.78 is 1.34. The van der Waals surface area contributed by atoms with Crippen molar-refractivity contribution < 1.29 is 14.4 Å². The molecule has 0 spiro atoms. The number of amides is 2. The zero-order chi connectivity index (χ0) is 22.7. The molecule has 0 atom stereocenters. The van der Waals surface area contributed by atoms with Crippen LogP contribution in [0.4, 0.5) is 5.69 Å². The van der Waals surface area contributed by atoms with E-state index in [1.54, 1.807) is 44.3 Å². The summed E-state index contributed by atoms with van der Waals surface area (Å²) in [4.78, 5) is 41.2. The number of rotatable bonds is 6. The number of anilines is 1. The van der Waals surface area contributed by atoms with Gasteiger partial charge in [-0.2, -0.15) is 5.10 Å². The number of nitrogens with zero attached hydrogens (tertiary/aromatic N) is 3. The quantitative estimate of drug-likeness (QED) is 0.583. The first-order valence-electron chi connectivity index (χ1n) is 9.24. The highest BCUT2D eigenvalue weighted by Gasteiger charge is 2.22. The van der Waals surface area contributed by atoms with E-state index in [0.29, 0.717) is 27.1 Å². The van der Waals surface area contributed by atoms with E-state index in [1.807, 2.05) is 0 Å². The van der Waals surface area contributed by atoms with Crippen LogP contribution in [0.25, 0.3) is 5.82 Å². The van der Waals surface area contributed by atoms with Gasteiger partial charge in [-0.25, -0.2) is 9.67 Å². The average molecular weight is 460 g/mol. The molecule has 2 N–H and O–H groups in total. The third-order valence-electron chi connectivity index (χ3n) is 4.29. The summed E-state index contributed by atoms with van der Waals surface area (Å²) in [6, 6.07) is 7.95. The first kappa shape index (κ1) is 22.5. The first-order valence-corrected chi connectivity index (χ1v) is 9.99. The molecule has 0 unspecified atom stereocenters. The van der Waals surface area contributed by atoms with E-state index in [4.69, 9.17) is 23.2 Å². The van der Waals surface area contributed by atoms with E-state index in [2.05, 4.69) is 20.7 Å². The lowest BCUT2D eigenvalue weighted by Gasteiger charge is -2.15. The zero-order valence-electron chi connectivity index (χ0n) is 17.0. The molecule has 2 heterocycles. The van der Waals surface area contributed by atoms with Crippen LogP contribution < -0.4 is 10.6 Å². The van der Waals surface area contributed by atoms with Gasteiger partial charge in [-0.1, -0.05) is 23.2 Å². The van der Waals surface area contributed by atoms with Crippen LogP contribution in [-0.4, -0.2) is 38.9 Å². The van der Waals surface area contributed by atoms with Gasteiger partial charge in [-0.05, 0) is 56.7 Å². The first-order chi connectivity index (χ1) is 14.7. The minimum absolute atomic E-state index is 0.137. The number of hydrogen-bond donors (Lipinski definition) is 2. The SMILES string of the molecule is CC(=O)CNC(=O)c1cc(Cl)cc(C)c1NC(=O)c1cc(C)nn1-c1ncccc1Cl. The van der Waals surface area contributed by atoms with Gasteiger partial charge in [0, 0.05) is 11.2 Å². The molecule has 0 radical (unpaired) electrons. The molecular weight excluding hydrogens is 441 g/mol. The van der Waals surface area contributed by atoms with Gasteiger partial charge in [0.2, 0.25) is 0 Å². The van der Waals surface area contributed by atoms with Crippen LogP contribution in [0, 0.1) is 13.8 Å². The van der Waals surface area contributed by atoms with Gasteiger partial charge >= 0.3 is 0 Å². The van der Waals surface area contributed by atoms with E-state index in [-0.39, 0.29) is 29.3 Å². The normalized spacial score (nSPS) is 10.6. The van der Waals surface area contributed by atoms with Gasteiger partial charge in [-0.15, -0.1) is 0 Å². The molecule has 1 aromatic carbocycles. The van der Waals surface area contributed by atoms with Gasteiger partial charge < -0.3 is 10.6 Å². The second-order valence-corrected chi connectivity index (χ2v) is 7.72. The summed E-state index contributed by atoms with van der Waals surface area (Å²) in [6.45, 7) is 4.67. The average Bonchev–Trinajstić information content (AvgIpc) is 3.09. The van der Waals surface area contributed by atoms with Crippen molar-refractivity contribution in [1.82, 2.24) is 20.1 Å². The van der Waals surface area contributed by atoms with E-state index < -0.39 is 11.8 Å². The van der Waals surface area contributed by atoms with Crippen molar-refractivity contribution in [2.45, 2.75) is 20.8 Å². The number of ketones is 1. The van der Waals surface area contributed by atoms with Gasteiger partial charge in [0.15, 0.2) is 5.82 Å². The molecule has 0 bridgehead atoms. The lowest BCUT2D eigenvalue weighted by atomic mass is 10.1. The smallest absolute Gasteiger partial charge is 0.274 e. The van der Waals surface area contributed by atoms with Crippen LogP contribution in [0.15, 0.2) is 36.5 Å². The highest BCUT2D eigenvalue weighted by molar-refractivity contribution is 6.32. The molecule has 160 valence electrons. The molecule has 0 saturated carbocycles. The van der Waals surface area contributed by atoms with Gasteiger partial charge in [-0.3, -0.25) is 14.4 Å². The largest absolute Gasteiger partial charge is 0.345 e. The van der Waals surface area contributed by atoms with Gasteiger partial charge in [0.25, 0.3) is 11.8 Å². The molecule has 0 aliphatic heterocycles. The standard InChI is InChI=1S/C21H19Cl2N5O3/c1-11-7-14(22)9-15(20(30)25-10-13(3)29)18(11)26-21(31)17-8-12(2)27-28(17)19-16(23)5-4-6-24-19/h4-9H,10H2,1-3H3,(H,25,30)(H,26,31). The second kappa shape index (κ2) is 9.28. The Morgan fingerprint density at radius 3 is 2.52 bits per heavy atom. The summed E-state index contributed by atoms with van der Waals surface area (Å²) in [5.41, 5.74) is 1.75. The molecule has 0 aliphatic rings. The third kappa shape index (κ3) is 5.10. The van der Waals surface area contributed by atoms with Crippen molar-refractivity contribution in [2.24, 2.45) is 0 Å². The van der Waals surface area contributed by atoms with E-state index in [1.165, 1.54) is 17.7 Å². The summed E-state index contributed by atoms with van der Waals surface area (Å²) in [5.74, 6) is -0.958. The predicted octanol–water partition coefficient (Wildman–Crippen LogP) is 3.76. The fourth-order valence-corrected chi connectivity index (χ4v) is 3.40. The number of benzene rings is 1. The molecule has 3 rings (SSSR count). The maximum absolute atomic E-state index is 13.1. The molecule has 8 nitrogen and oxygen atoms in total. The van der Waals surface area contributed by atoms with E-state index in [9.17, 15) is 14.4 Å². The number of pyridine rings is 1. The summed E-state index contributed by atoms with van der Waals surface area (Å²) in [6.07, 6.45) is 1.54. The Hall–Kier alpha value is -3.23. The highest BCUT2D eigenvalue weighted by atomic mass is 35.5. The van der Waals surface area contributed by atoms with Gasteiger partial charge in [0.1, 0.15) is 11.5 Å². The number of aryl methyl sites for hydroxylation is 2. The Morgan fingerprint density at radius 1 is 1.10 bits per heavy atom. The molecule has 0 aliphatic carbocycles. The molecule has 2 aromatic heterocycles. The molecule has 10 heteroatoms. The van der Waals surface area contributed by atoms with Crippen LogP contribution >= 0.6 is 23.2 Å². The Labute approximate surface area is 188 Å². The Bertz CT molecular complexity index is 1190. The molecule has 0 saturated heterocycles. The van der Waals surface area contributed by atoms with Crippen LogP contribution in [0.2, 0.25) is 10.0 Å². The van der Waals surface area contributed by atoms with E-state index in [0.717, 1.165) is 0 Å². The van der Waals surface area contributed by atoms with Crippen molar-refractivity contribution in [1.29, 1.82) is 0 Å². The molecule has 0 fully saturated rings. The van der Waals surface area contributed by atoms with Crippen LogP contribution in [0.3, 0.4) is 0 Å². The van der Waals surface area contributed by atoms with Gasteiger partial charge in [0.05, 0.1) is 28.5 Å². The third-order valence-corrected chi connectivity index (χ3v) is 4.80. The maximum atomic E-state index is 13.1. The number of Topliss-reactive ketones (excluding diaryl/α,β-unsaturated/α-hetero) is 1. The number of carbonyl (C=O) groups is 3. The number of hydrogen-bond acceptors (Lipinski definition) is 5. The Morgan fingerprint density at radius 2 is 1.84 bits per heavy atom. The fraction of sp³-hybridized carbons (Fsp3) is 0.190. The predicted molar refractivity (Wildman–Crippen MR) is 118 cm³/mol. The summed E-state index contributed by atoms with van der Waals surface area (Å²) in [5, 5.41) is 10.2. The van der Waals surface area contributed by atoms with Crippen molar-refractivity contribution >= 4 is 46.5 Å². The van der Waals surface area contributed by atoms with E-state index >= 15 is 0 Å². The Balaban J connectivity index is 1.99. The lowest BCUT2D eigenvalue weighted by Crippen LogP contribution is -2.30. The fourth-order valence-electron chi connectivity index (χ4n) is 2.92. The van der Waals surface area contributed by atoms with Crippen LogP contribution in [-0.2, 0) is 4.79 Å².